The number of pyridine rings is 1. The highest BCUT2D eigenvalue weighted by Gasteiger charge is 1.94. The zero-order valence-corrected chi connectivity index (χ0v) is 9.12. The molecule has 0 atom stereocenters. The van der Waals surface area contributed by atoms with Gasteiger partial charge in [0.1, 0.15) is 5.75 Å². The van der Waals surface area contributed by atoms with Crippen LogP contribution < -0.4 is 4.74 Å². The van der Waals surface area contributed by atoms with E-state index in [2.05, 4.69) is 11.9 Å². The van der Waals surface area contributed by atoms with E-state index in [-0.39, 0.29) is 0 Å². The van der Waals surface area contributed by atoms with Crippen LogP contribution in [-0.4, -0.2) is 11.6 Å². The maximum atomic E-state index is 5.57. The first-order chi connectivity index (χ1) is 6.83. The van der Waals surface area contributed by atoms with E-state index in [1.54, 1.807) is 6.20 Å². The number of ether oxygens (including phenoxy) is 1. The molecule has 2 nitrogen and oxygen atoms in total. The van der Waals surface area contributed by atoms with Gasteiger partial charge in [0.2, 0.25) is 0 Å². The van der Waals surface area contributed by atoms with Crippen LogP contribution in [0.5, 0.6) is 5.75 Å². The second kappa shape index (κ2) is 6.41. The van der Waals surface area contributed by atoms with Crippen molar-refractivity contribution in [2.45, 2.75) is 39.5 Å². The van der Waals surface area contributed by atoms with Crippen LogP contribution in [-0.2, 0) is 0 Å². The molecule has 0 spiro atoms. The van der Waals surface area contributed by atoms with Gasteiger partial charge >= 0.3 is 0 Å². The van der Waals surface area contributed by atoms with Crippen molar-refractivity contribution in [1.82, 2.24) is 4.98 Å². The molecule has 0 amide bonds. The molecule has 2 heteroatoms. The third-order valence-electron chi connectivity index (χ3n) is 2.12. The number of rotatable bonds is 6. The van der Waals surface area contributed by atoms with Crippen LogP contribution in [0.3, 0.4) is 0 Å². The molecule has 0 saturated heterocycles. The summed E-state index contributed by atoms with van der Waals surface area (Å²) in [4.78, 5) is 4.07. The Morgan fingerprint density at radius 2 is 2.07 bits per heavy atom. The molecule has 0 fully saturated rings. The van der Waals surface area contributed by atoms with Gasteiger partial charge in [-0.25, -0.2) is 0 Å². The van der Waals surface area contributed by atoms with Crippen LogP contribution in [0.15, 0.2) is 18.5 Å². The average Bonchev–Trinajstić information content (AvgIpc) is 2.18. The standard InChI is InChI=1S/C12H19NO/c1-3-4-5-6-7-14-12-8-11(2)9-13-10-12/h8-10H,3-7H2,1-2H3. The molecule has 0 unspecified atom stereocenters. The molecule has 0 saturated carbocycles. The maximum absolute atomic E-state index is 5.57. The van der Waals surface area contributed by atoms with E-state index in [4.69, 9.17) is 4.74 Å². The molecular formula is C12H19NO. The smallest absolute Gasteiger partial charge is 0.137 e. The summed E-state index contributed by atoms with van der Waals surface area (Å²) < 4.78 is 5.57. The summed E-state index contributed by atoms with van der Waals surface area (Å²) in [5, 5.41) is 0. The predicted molar refractivity (Wildman–Crippen MR) is 58.6 cm³/mol. The van der Waals surface area contributed by atoms with Crippen molar-refractivity contribution in [3.05, 3.63) is 24.0 Å². The topological polar surface area (TPSA) is 22.1 Å². The lowest BCUT2D eigenvalue weighted by Crippen LogP contribution is -1.97. The van der Waals surface area contributed by atoms with E-state index in [0.717, 1.165) is 24.3 Å². The molecule has 78 valence electrons. The van der Waals surface area contributed by atoms with Crippen molar-refractivity contribution in [3.63, 3.8) is 0 Å². The minimum absolute atomic E-state index is 0.811. The van der Waals surface area contributed by atoms with Gasteiger partial charge in [-0.3, -0.25) is 4.98 Å². The second-order valence-electron chi connectivity index (χ2n) is 3.61. The lowest BCUT2D eigenvalue weighted by atomic mass is 10.2. The van der Waals surface area contributed by atoms with Gasteiger partial charge in [0, 0.05) is 6.20 Å². The Hall–Kier alpha value is -1.05. The summed E-state index contributed by atoms with van der Waals surface area (Å²) in [6.07, 6.45) is 8.58. The Labute approximate surface area is 86.3 Å². The third kappa shape index (κ3) is 4.26. The van der Waals surface area contributed by atoms with Gasteiger partial charge in [-0.15, -0.1) is 0 Å². The van der Waals surface area contributed by atoms with Crippen LogP contribution in [0.2, 0.25) is 0 Å². The minimum Gasteiger partial charge on any atom is -0.492 e. The largest absolute Gasteiger partial charge is 0.492 e. The normalized spacial score (nSPS) is 10.1. The van der Waals surface area contributed by atoms with Gasteiger partial charge < -0.3 is 4.74 Å². The number of aromatic nitrogens is 1. The molecule has 14 heavy (non-hydrogen) atoms. The van der Waals surface area contributed by atoms with Gasteiger partial charge in [-0.1, -0.05) is 26.2 Å². The number of nitrogens with zero attached hydrogens (tertiary/aromatic N) is 1. The van der Waals surface area contributed by atoms with Gasteiger partial charge in [0.15, 0.2) is 0 Å². The molecule has 0 N–H and O–H groups in total. The first-order valence-corrected chi connectivity index (χ1v) is 5.37. The van der Waals surface area contributed by atoms with E-state index in [0.29, 0.717) is 0 Å². The number of aryl methyl sites for hydroxylation is 1. The first kappa shape index (κ1) is 11.0. The Balaban J connectivity index is 2.18. The fourth-order valence-electron chi connectivity index (χ4n) is 1.33. The molecule has 0 aliphatic heterocycles. The molecule has 0 aliphatic carbocycles. The van der Waals surface area contributed by atoms with Crippen molar-refractivity contribution >= 4 is 0 Å². The van der Waals surface area contributed by atoms with Crippen LogP contribution in [0, 0.1) is 6.92 Å². The van der Waals surface area contributed by atoms with E-state index in [1.807, 2.05) is 19.2 Å². The Morgan fingerprint density at radius 1 is 1.21 bits per heavy atom. The number of unbranched alkanes of at least 4 members (excludes halogenated alkanes) is 3. The van der Waals surface area contributed by atoms with Gasteiger partial charge in [0.05, 0.1) is 12.8 Å². The van der Waals surface area contributed by atoms with Gasteiger partial charge in [-0.2, -0.15) is 0 Å². The highest BCUT2D eigenvalue weighted by Crippen LogP contribution is 2.10. The summed E-state index contributed by atoms with van der Waals surface area (Å²) in [5.41, 5.74) is 1.15. The summed E-state index contributed by atoms with van der Waals surface area (Å²) in [7, 11) is 0. The maximum Gasteiger partial charge on any atom is 0.137 e. The minimum atomic E-state index is 0.811. The van der Waals surface area contributed by atoms with E-state index in [9.17, 15) is 0 Å². The lowest BCUT2D eigenvalue weighted by molar-refractivity contribution is 0.304. The first-order valence-electron chi connectivity index (χ1n) is 5.37. The fraction of sp³-hybridized carbons (Fsp3) is 0.583. The zero-order valence-electron chi connectivity index (χ0n) is 9.12. The molecule has 0 aromatic carbocycles. The second-order valence-corrected chi connectivity index (χ2v) is 3.61. The Bertz CT molecular complexity index is 260. The van der Waals surface area contributed by atoms with Crippen molar-refractivity contribution in [2.75, 3.05) is 6.61 Å². The van der Waals surface area contributed by atoms with E-state index >= 15 is 0 Å². The van der Waals surface area contributed by atoms with Crippen molar-refractivity contribution in [3.8, 4) is 5.75 Å². The number of hydrogen-bond donors (Lipinski definition) is 0. The van der Waals surface area contributed by atoms with Crippen molar-refractivity contribution < 1.29 is 4.74 Å². The van der Waals surface area contributed by atoms with Crippen LogP contribution in [0.4, 0.5) is 0 Å². The van der Waals surface area contributed by atoms with Crippen LogP contribution in [0.25, 0.3) is 0 Å². The average molecular weight is 193 g/mol. The highest BCUT2D eigenvalue weighted by molar-refractivity contribution is 5.22. The quantitative estimate of drug-likeness (QED) is 0.646. The fourth-order valence-corrected chi connectivity index (χ4v) is 1.33. The van der Waals surface area contributed by atoms with Gasteiger partial charge in [0.25, 0.3) is 0 Å². The zero-order chi connectivity index (χ0) is 10.2. The highest BCUT2D eigenvalue weighted by atomic mass is 16.5. The van der Waals surface area contributed by atoms with Crippen LogP contribution >= 0.6 is 0 Å². The lowest BCUT2D eigenvalue weighted by Gasteiger charge is -2.05. The molecule has 0 aliphatic rings. The molecule has 0 bridgehead atoms. The van der Waals surface area contributed by atoms with Gasteiger partial charge in [-0.05, 0) is 25.0 Å². The predicted octanol–water partition coefficient (Wildman–Crippen LogP) is 3.35. The molecule has 1 heterocycles. The monoisotopic (exact) mass is 193 g/mol. The third-order valence-corrected chi connectivity index (χ3v) is 2.12. The molecule has 1 aromatic heterocycles. The Morgan fingerprint density at radius 3 is 2.79 bits per heavy atom. The SMILES string of the molecule is CCCCCCOc1cncc(C)c1. The van der Waals surface area contributed by atoms with E-state index < -0.39 is 0 Å². The Kier molecular flexibility index (Phi) is 5.05. The molecule has 0 radical (unpaired) electrons. The summed E-state index contributed by atoms with van der Waals surface area (Å²) in [5.74, 6) is 0.890. The number of hydrogen-bond acceptors (Lipinski definition) is 2. The van der Waals surface area contributed by atoms with Crippen molar-refractivity contribution in [2.24, 2.45) is 0 Å². The summed E-state index contributed by atoms with van der Waals surface area (Å²) in [6.45, 7) is 5.05. The molecule has 1 aromatic rings. The van der Waals surface area contributed by atoms with Crippen LogP contribution in [0.1, 0.15) is 38.2 Å². The van der Waals surface area contributed by atoms with Crippen molar-refractivity contribution in [1.29, 1.82) is 0 Å². The molecular weight excluding hydrogens is 174 g/mol. The summed E-state index contributed by atoms with van der Waals surface area (Å²) in [6, 6.07) is 2.02. The molecule has 1 rings (SSSR count). The van der Waals surface area contributed by atoms with E-state index in [1.165, 1.54) is 19.3 Å². The summed E-state index contributed by atoms with van der Waals surface area (Å²) >= 11 is 0.